The minimum absolute atomic E-state index is 0.115. The van der Waals surface area contributed by atoms with E-state index < -0.39 is 23.7 Å². The molecule has 0 saturated heterocycles. The van der Waals surface area contributed by atoms with Gasteiger partial charge in [0.2, 0.25) is 0 Å². The van der Waals surface area contributed by atoms with Crippen LogP contribution in [0.15, 0.2) is 23.0 Å². The third kappa shape index (κ3) is 4.46. The highest BCUT2D eigenvalue weighted by molar-refractivity contribution is 5.95. The second-order valence-electron chi connectivity index (χ2n) is 7.83. The summed E-state index contributed by atoms with van der Waals surface area (Å²) < 4.78 is 25.6. The number of fused-ring (bicyclic) bond motifs is 2. The lowest BCUT2D eigenvalue weighted by Gasteiger charge is -2.20. The maximum absolute atomic E-state index is 13.6. The Labute approximate surface area is 167 Å². The normalized spacial score (nSPS) is 15.9. The van der Waals surface area contributed by atoms with Crippen molar-refractivity contribution in [1.29, 1.82) is 0 Å². The zero-order chi connectivity index (χ0) is 21.3. The molecule has 1 aromatic carbocycles. The van der Waals surface area contributed by atoms with Crippen molar-refractivity contribution in [2.45, 2.75) is 65.2 Å². The SMILES string of the molecule is CC(C)OC(=O)C(CC1CCn2c1nc1cc(F)ccc1c2=O)C(=O)OC(C)C. The average Bonchev–Trinajstić information content (AvgIpc) is 3.01. The molecular weight excluding hydrogens is 379 g/mol. The summed E-state index contributed by atoms with van der Waals surface area (Å²) in [6.07, 6.45) is -0.0907. The highest BCUT2D eigenvalue weighted by Gasteiger charge is 2.37. The van der Waals surface area contributed by atoms with Gasteiger partial charge in [-0.05, 0) is 52.7 Å². The summed E-state index contributed by atoms with van der Waals surface area (Å²) in [7, 11) is 0. The minimum atomic E-state index is -1.11. The van der Waals surface area contributed by atoms with Gasteiger partial charge in [0.1, 0.15) is 11.6 Å². The van der Waals surface area contributed by atoms with Crippen LogP contribution in [-0.4, -0.2) is 33.7 Å². The van der Waals surface area contributed by atoms with Crippen molar-refractivity contribution < 1.29 is 23.5 Å². The number of halogens is 1. The smallest absolute Gasteiger partial charge is 0.320 e. The van der Waals surface area contributed by atoms with Crippen LogP contribution >= 0.6 is 0 Å². The van der Waals surface area contributed by atoms with Crippen molar-refractivity contribution in [1.82, 2.24) is 9.55 Å². The fourth-order valence-corrected chi connectivity index (χ4v) is 3.58. The van der Waals surface area contributed by atoms with Gasteiger partial charge in [-0.2, -0.15) is 0 Å². The summed E-state index contributed by atoms with van der Waals surface area (Å²) in [6.45, 7) is 7.24. The predicted octanol–water partition coefficient (Wildman–Crippen LogP) is 2.93. The Hall–Kier alpha value is -2.77. The van der Waals surface area contributed by atoms with E-state index in [0.29, 0.717) is 24.2 Å². The van der Waals surface area contributed by atoms with E-state index in [1.807, 2.05) is 0 Å². The highest BCUT2D eigenvalue weighted by atomic mass is 19.1. The van der Waals surface area contributed by atoms with Crippen LogP contribution in [0.3, 0.4) is 0 Å². The number of ether oxygens (including phenoxy) is 2. The largest absolute Gasteiger partial charge is 0.462 e. The first-order valence-electron chi connectivity index (χ1n) is 9.78. The van der Waals surface area contributed by atoms with E-state index in [2.05, 4.69) is 4.98 Å². The molecular formula is C21H25FN2O5. The molecule has 29 heavy (non-hydrogen) atoms. The Morgan fingerprint density at radius 3 is 2.38 bits per heavy atom. The number of aromatic nitrogens is 2. The van der Waals surface area contributed by atoms with Crippen LogP contribution in [0.2, 0.25) is 0 Å². The quantitative estimate of drug-likeness (QED) is 0.543. The van der Waals surface area contributed by atoms with E-state index in [4.69, 9.17) is 9.47 Å². The number of carbonyl (C=O) groups is 2. The monoisotopic (exact) mass is 404 g/mol. The second-order valence-corrected chi connectivity index (χ2v) is 7.83. The van der Waals surface area contributed by atoms with E-state index in [1.165, 1.54) is 22.8 Å². The van der Waals surface area contributed by atoms with Gasteiger partial charge in [-0.1, -0.05) is 0 Å². The molecule has 0 saturated carbocycles. The van der Waals surface area contributed by atoms with Crippen LogP contribution in [0.4, 0.5) is 4.39 Å². The molecule has 0 spiro atoms. The number of hydrogen-bond donors (Lipinski definition) is 0. The third-order valence-electron chi connectivity index (χ3n) is 4.81. The lowest BCUT2D eigenvalue weighted by atomic mass is 9.92. The summed E-state index contributed by atoms with van der Waals surface area (Å²) in [5.41, 5.74) is 0.0118. The Bertz CT molecular complexity index is 976. The van der Waals surface area contributed by atoms with E-state index in [9.17, 15) is 18.8 Å². The Morgan fingerprint density at radius 2 is 1.79 bits per heavy atom. The molecule has 3 rings (SSSR count). The number of hydrogen-bond acceptors (Lipinski definition) is 6. The topological polar surface area (TPSA) is 87.5 Å². The summed E-state index contributed by atoms with van der Waals surface area (Å²) in [5, 5.41) is 0.339. The maximum atomic E-state index is 13.6. The van der Waals surface area contributed by atoms with Gasteiger partial charge in [-0.15, -0.1) is 0 Å². The van der Waals surface area contributed by atoms with Crippen LogP contribution in [-0.2, 0) is 25.6 Å². The van der Waals surface area contributed by atoms with Crippen LogP contribution in [0.5, 0.6) is 0 Å². The van der Waals surface area contributed by atoms with Gasteiger partial charge < -0.3 is 9.47 Å². The van der Waals surface area contributed by atoms with Crippen LogP contribution < -0.4 is 5.56 Å². The van der Waals surface area contributed by atoms with E-state index >= 15 is 0 Å². The van der Waals surface area contributed by atoms with E-state index in [0.717, 1.165) is 0 Å². The number of esters is 2. The van der Waals surface area contributed by atoms with Crippen molar-refractivity contribution in [2.24, 2.45) is 5.92 Å². The van der Waals surface area contributed by atoms with Crippen molar-refractivity contribution >= 4 is 22.8 Å². The molecule has 0 N–H and O–H groups in total. The van der Waals surface area contributed by atoms with Crippen molar-refractivity contribution in [3.05, 3.63) is 40.2 Å². The fraction of sp³-hybridized carbons (Fsp3) is 0.524. The first kappa shape index (κ1) is 21.0. The molecule has 1 aliphatic rings. The highest BCUT2D eigenvalue weighted by Crippen LogP contribution is 2.33. The molecule has 0 bridgehead atoms. The fourth-order valence-electron chi connectivity index (χ4n) is 3.58. The molecule has 8 heteroatoms. The molecule has 1 aliphatic heterocycles. The van der Waals surface area contributed by atoms with Gasteiger partial charge in [0.15, 0.2) is 5.92 Å². The van der Waals surface area contributed by atoms with Crippen molar-refractivity contribution in [3.8, 4) is 0 Å². The van der Waals surface area contributed by atoms with Gasteiger partial charge in [-0.3, -0.25) is 19.0 Å². The molecule has 156 valence electrons. The lowest BCUT2D eigenvalue weighted by Crippen LogP contribution is -2.32. The molecule has 2 heterocycles. The zero-order valence-corrected chi connectivity index (χ0v) is 17.0. The Morgan fingerprint density at radius 1 is 1.17 bits per heavy atom. The molecule has 1 atom stereocenters. The molecule has 2 aromatic rings. The van der Waals surface area contributed by atoms with Crippen LogP contribution in [0.25, 0.3) is 10.9 Å². The van der Waals surface area contributed by atoms with E-state index in [-0.39, 0.29) is 35.6 Å². The molecule has 0 amide bonds. The maximum Gasteiger partial charge on any atom is 0.320 e. The number of benzene rings is 1. The number of nitrogens with zero attached hydrogens (tertiary/aromatic N) is 2. The molecule has 7 nitrogen and oxygen atoms in total. The standard InChI is InChI=1S/C21H25FN2O5/c1-11(2)28-20(26)16(21(27)29-12(3)4)9-13-7-8-24-18(13)23-17-10-14(22)5-6-15(17)19(24)25/h5-6,10-13,16H,7-9H2,1-4H3. The molecule has 0 aliphatic carbocycles. The predicted molar refractivity (Wildman–Crippen MR) is 104 cm³/mol. The molecule has 1 unspecified atom stereocenters. The van der Waals surface area contributed by atoms with Crippen LogP contribution in [0, 0.1) is 11.7 Å². The van der Waals surface area contributed by atoms with Gasteiger partial charge in [0.25, 0.3) is 5.56 Å². The summed E-state index contributed by atoms with van der Waals surface area (Å²) >= 11 is 0. The Kier molecular flexibility index (Phi) is 6.00. The van der Waals surface area contributed by atoms with Crippen LogP contribution in [0.1, 0.15) is 52.3 Å². The van der Waals surface area contributed by atoms with Crippen molar-refractivity contribution in [2.75, 3.05) is 0 Å². The van der Waals surface area contributed by atoms with Gasteiger partial charge in [0, 0.05) is 18.5 Å². The summed E-state index contributed by atoms with van der Waals surface area (Å²) in [6, 6.07) is 3.86. The molecule has 0 radical (unpaired) electrons. The minimum Gasteiger partial charge on any atom is -0.462 e. The Balaban J connectivity index is 1.94. The summed E-state index contributed by atoms with van der Waals surface area (Å²) in [5.74, 6) is -2.77. The molecule has 1 aromatic heterocycles. The first-order chi connectivity index (χ1) is 13.7. The average molecular weight is 404 g/mol. The van der Waals surface area contributed by atoms with Gasteiger partial charge in [0.05, 0.1) is 23.1 Å². The van der Waals surface area contributed by atoms with Gasteiger partial charge in [-0.25, -0.2) is 9.37 Å². The lowest BCUT2D eigenvalue weighted by molar-refractivity contribution is -0.166. The number of rotatable bonds is 6. The third-order valence-corrected chi connectivity index (χ3v) is 4.81. The van der Waals surface area contributed by atoms with E-state index in [1.54, 1.807) is 27.7 Å². The van der Waals surface area contributed by atoms with Crippen molar-refractivity contribution in [3.63, 3.8) is 0 Å². The zero-order valence-electron chi connectivity index (χ0n) is 17.0. The first-order valence-corrected chi connectivity index (χ1v) is 9.78. The second kappa shape index (κ2) is 8.31. The van der Waals surface area contributed by atoms with Gasteiger partial charge >= 0.3 is 11.9 Å². The number of carbonyl (C=O) groups excluding carboxylic acids is 2. The summed E-state index contributed by atoms with van der Waals surface area (Å²) in [4.78, 5) is 42.3. The molecule has 0 fully saturated rings.